The van der Waals surface area contributed by atoms with Gasteiger partial charge < -0.3 is 25.4 Å². The molecule has 3 rings (SSSR count). The third-order valence-corrected chi connectivity index (χ3v) is 5.36. The Balaban J connectivity index is 2.02. The summed E-state index contributed by atoms with van der Waals surface area (Å²) in [5.41, 5.74) is 3.02. The highest BCUT2D eigenvalue weighted by Gasteiger charge is 2.32. The number of benzene rings is 2. The van der Waals surface area contributed by atoms with E-state index in [-0.39, 0.29) is 12.5 Å². The molecule has 1 heterocycles. The maximum Gasteiger partial charge on any atom is 0.319 e. The predicted octanol–water partition coefficient (Wildman–Crippen LogP) is 3.94. The lowest BCUT2D eigenvalue weighted by atomic mass is 9.94. The molecule has 0 unspecified atom stereocenters. The minimum atomic E-state index is -0.729. The minimum absolute atomic E-state index is 0.151. The molecule has 0 bridgehead atoms. The summed E-state index contributed by atoms with van der Waals surface area (Å²) in [6.07, 6.45) is 0. The molecule has 0 aromatic heterocycles. The van der Waals surface area contributed by atoms with Crippen LogP contribution in [0.4, 0.5) is 10.5 Å². The largest absolute Gasteiger partial charge is 0.493 e. The van der Waals surface area contributed by atoms with E-state index < -0.39 is 12.1 Å². The van der Waals surface area contributed by atoms with Gasteiger partial charge in [0.25, 0.3) is 5.91 Å². The molecule has 1 atom stereocenters. The van der Waals surface area contributed by atoms with Crippen molar-refractivity contribution in [2.45, 2.75) is 19.9 Å². The van der Waals surface area contributed by atoms with Crippen LogP contribution in [0.3, 0.4) is 0 Å². The third kappa shape index (κ3) is 4.81. The Kier molecular flexibility index (Phi) is 6.82. The van der Waals surface area contributed by atoms with Crippen LogP contribution >= 0.6 is 15.9 Å². The summed E-state index contributed by atoms with van der Waals surface area (Å²) < 4.78 is 11.4. The summed E-state index contributed by atoms with van der Waals surface area (Å²) in [7, 11) is 1.47. The zero-order chi connectivity index (χ0) is 22.5. The Morgan fingerprint density at radius 1 is 1.29 bits per heavy atom. The van der Waals surface area contributed by atoms with E-state index in [0.29, 0.717) is 38.5 Å². The number of hydrogen-bond donors (Lipinski definition) is 3. The highest BCUT2D eigenvalue weighted by molar-refractivity contribution is 9.10. The summed E-state index contributed by atoms with van der Waals surface area (Å²) in [4.78, 5) is 25.4. The van der Waals surface area contributed by atoms with Gasteiger partial charge in [-0.2, -0.15) is 5.26 Å². The Labute approximate surface area is 188 Å². The number of hydrogen-bond acceptors (Lipinski definition) is 5. The SMILES string of the molecule is COc1cc([C@H]2NC(=O)NC(C)=C2C(=O)Nc2ccccc2C)cc(Br)c1OCC#N. The van der Waals surface area contributed by atoms with E-state index in [4.69, 9.17) is 14.7 Å². The number of ether oxygens (including phenoxy) is 2. The van der Waals surface area contributed by atoms with Gasteiger partial charge in [0, 0.05) is 11.4 Å². The topological polar surface area (TPSA) is 112 Å². The molecule has 1 aliphatic rings. The van der Waals surface area contributed by atoms with Crippen LogP contribution in [0.5, 0.6) is 11.5 Å². The first kappa shape index (κ1) is 22.2. The molecule has 1 aliphatic heterocycles. The zero-order valence-electron chi connectivity index (χ0n) is 17.2. The molecule has 0 aliphatic carbocycles. The van der Waals surface area contributed by atoms with E-state index in [1.54, 1.807) is 19.1 Å². The quantitative estimate of drug-likeness (QED) is 0.574. The van der Waals surface area contributed by atoms with Gasteiger partial charge in [-0.25, -0.2) is 4.79 Å². The Hall–Kier alpha value is -3.51. The molecule has 3 amide bonds. The Morgan fingerprint density at radius 3 is 2.71 bits per heavy atom. The number of para-hydroxylation sites is 1. The first-order valence-corrected chi connectivity index (χ1v) is 10.2. The fourth-order valence-electron chi connectivity index (χ4n) is 3.30. The molecule has 2 aromatic carbocycles. The summed E-state index contributed by atoms with van der Waals surface area (Å²) in [5.74, 6) is 0.382. The minimum Gasteiger partial charge on any atom is -0.493 e. The number of amides is 3. The van der Waals surface area contributed by atoms with Crippen molar-refractivity contribution in [2.75, 3.05) is 19.0 Å². The number of urea groups is 1. The first-order valence-electron chi connectivity index (χ1n) is 9.38. The van der Waals surface area contributed by atoms with Gasteiger partial charge in [0.2, 0.25) is 0 Å². The molecule has 9 heteroatoms. The van der Waals surface area contributed by atoms with Gasteiger partial charge in [0.05, 0.1) is 23.2 Å². The van der Waals surface area contributed by atoms with Crippen molar-refractivity contribution in [3.8, 4) is 17.6 Å². The normalized spacial score (nSPS) is 15.5. The lowest BCUT2D eigenvalue weighted by Gasteiger charge is -2.29. The maximum absolute atomic E-state index is 13.2. The van der Waals surface area contributed by atoms with Crippen LogP contribution in [0.1, 0.15) is 24.1 Å². The number of aryl methyl sites for hydroxylation is 1. The number of carbonyl (C=O) groups excluding carboxylic acids is 2. The van der Waals surface area contributed by atoms with Crippen molar-refractivity contribution in [1.29, 1.82) is 5.26 Å². The summed E-state index contributed by atoms with van der Waals surface area (Å²) in [6.45, 7) is 3.42. The smallest absolute Gasteiger partial charge is 0.319 e. The molecule has 0 spiro atoms. The zero-order valence-corrected chi connectivity index (χ0v) is 18.8. The standard InChI is InChI=1S/C22H21BrN4O4/c1-12-6-4-5-7-16(12)26-21(28)18-13(2)25-22(29)27-19(18)14-10-15(23)20(31-9-8-24)17(11-14)30-3/h4-7,10-11,19H,9H2,1-3H3,(H,26,28)(H2,25,27,29)/t19-/m1/s1. The lowest BCUT2D eigenvalue weighted by Crippen LogP contribution is -2.46. The van der Waals surface area contributed by atoms with Crippen LogP contribution in [0, 0.1) is 18.3 Å². The number of nitrogens with one attached hydrogen (secondary N) is 3. The van der Waals surface area contributed by atoms with Crippen LogP contribution in [-0.2, 0) is 4.79 Å². The molecule has 0 fully saturated rings. The van der Waals surface area contributed by atoms with Gasteiger partial charge in [0.15, 0.2) is 18.1 Å². The van der Waals surface area contributed by atoms with Crippen LogP contribution < -0.4 is 25.4 Å². The van der Waals surface area contributed by atoms with Crippen molar-refractivity contribution in [1.82, 2.24) is 10.6 Å². The molecular formula is C22H21BrN4O4. The van der Waals surface area contributed by atoms with Gasteiger partial charge in [-0.3, -0.25) is 4.79 Å². The van der Waals surface area contributed by atoms with E-state index >= 15 is 0 Å². The van der Waals surface area contributed by atoms with Gasteiger partial charge in [-0.1, -0.05) is 18.2 Å². The molecule has 160 valence electrons. The summed E-state index contributed by atoms with van der Waals surface area (Å²) in [5, 5.41) is 17.2. The predicted molar refractivity (Wildman–Crippen MR) is 119 cm³/mol. The van der Waals surface area contributed by atoms with Gasteiger partial charge in [0.1, 0.15) is 6.07 Å². The van der Waals surface area contributed by atoms with Crippen LogP contribution in [0.25, 0.3) is 0 Å². The molecule has 0 saturated heterocycles. The second kappa shape index (κ2) is 9.53. The number of allylic oxidation sites excluding steroid dienone is 1. The van der Waals surface area contributed by atoms with E-state index in [0.717, 1.165) is 5.56 Å². The molecule has 0 saturated carbocycles. The molecule has 31 heavy (non-hydrogen) atoms. The van der Waals surface area contributed by atoms with Crippen molar-refractivity contribution >= 4 is 33.6 Å². The molecule has 3 N–H and O–H groups in total. The van der Waals surface area contributed by atoms with E-state index in [1.165, 1.54) is 7.11 Å². The average molecular weight is 485 g/mol. The number of anilines is 1. The van der Waals surface area contributed by atoms with Crippen molar-refractivity contribution in [3.63, 3.8) is 0 Å². The van der Waals surface area contributed by atoms with E-state index in [2.05, 4.69) is 31.9 Å². The number of nitrogens with zero attached hydrogens (tertiary/aromatic N) is 1. The number of halogens is 1. The molecule has 2 aromatic rings. The maximum atomic E-state index is 13.2. The average Bonchev–Trinajstić information content (AvgIpc) is 2.73. The Bertz CT molecular complexity index is 1110. The van der Waals surface area contributed by atoms with Crippen LogP contribution in [0.15, 0.2) is 52.1 Å². The molecule has 8 nitrogen and oxygen atoms in total. The highest BCUT2D eigenvalue weighted by atomic mass is 79.9. The number of rotatable bonds is 6. The van der Waals surface area contributed by atoms with Crippen molar-refractivity contribution < 1.29 is 19.1 Å². The Morgan fingerprint density at radius 2 is 2.03 bits per heavy atom. The van der Waals surface area contributed by atoms with Crippen LogP contribution in [0.2, 0.25) is 0 Å². The second-order valence-corrected chi connectivity index (χ2v) is 7.67. The van der Waals surface area contributed by atoms with Crippen molar-refractivity contribution in [3.05, 3.63) is 63.3 Å². The van der Waals surface area contributed by atoms with E-state index in [1.807, 2.05) is 37.3 Å². The third-order valence-electron chi connectivity index (χ3n) is 4.77. The fraction of sp³-hybridized carbons (Fsp3) is 0.227. The van der Waals surface area contributed by atoms with Crippen LogP contribution in [-0.4, -0.2) is 25.7 Å². The van der Waals surface area contributed by atoms with E-state index in [9.17, 15) is 9.59 Å². The lowest BCUT2D eigenvalue weighted by molar-refractivity contribution is -0.113. The highest BCUT2D eigenvalue weighted by Crippen LogP contribution is 2.40. The fourth-order valence-corrected chi connectivity index (χ4v) is 3.87. The summed E-state index contributed by atoms with van der Waals surface area (Å²) in [6, 6.07) is 11.6. The number of methoxy groups -OCH3 is 1. The first-order chi connectivity index (χ1) is 14.8. The number of nitriles is 1. The van der Waals surface area contributed by atoms with Gasteiger partial charge >= 0.3 is 6.03 Å². The molecular weight excluding hydrogens is 464 g/mol. The number of carbonyl (C=O) groups is 2. The van der Waals surface area contributed by atoms with Crippen molar-refractivity contribution in [2.24, 2.45) is 0 Å². The summed E-state index contributed by atoms with van der Waals surface area (Å²) >= 11 is 3.43. The van der Waals surface area contributed by atoms with Gasteiger partial charge in [-0.05, 0) is 59.1 Å². The molecule has 0 radical (unpaired) electrons. The van der Waals surface area contributed by atoms with Gasteiger partial charge in [-0.15, -0.1) is 0 Å². The second-order valence-electron chi connectivity index (χ2n) is 6.82. The monoisotopic (exact) mass is 484 g/mol.